The summed E-state index contributed by atoms with van der Waals surface area (Å²) >= 11 is 0. The van der Waals surface area contributed by atoms with Crippen molar-refractivity contribution in [3.05, 3.63) is 149 Å². The second kappa shape index (κ2) is 12.0. The van der Waals surface area contributed by atoms with Crippen molar-refractivity contribution in [3.8, 4) is 23.1 Å². The highest BCUT2D eigenvalue weighted by atomic mass is 16.5. The van der Waals surface area contributed by atoms with Crippen molar-refractivity contribution in [2.75, 3.05) is 7.11 Å². The third-order valence-electron chi connectivity index (χ3n) is 7.71. The maximum absolute atomic E-state index is 13.7. The van der Waals surface area contributed by atoms with Crippen molar-refractivity contribution in [2.24, 2.45) is 5.10 Å². The van der Waals surface area contributed by atoms with Crippen LogP contribution in [-0.4, -0.2) is 23.0 Å². The molecule has 0 N–H and O–H groups in total. The predicted octanol–water partition coefficient (Wildman–Crippen LogP) is 8.16. The van der Waals surface area contributed by atoms with Gasteiger partial charge in [0, 0.05) is 10.9 Å². The van der Waals surface area contributed by atoms with Crippen LogP contribution in [0.5, 0.6) is 11.5 Å². The van der Waals surface area contributed by atoms with E-state index < -0.39 is 0 Å². The normalized spacial score (nSPS) is 11.5. The van der Waals surface area contributed by atoms with Gasteiger partial charge in [0.25, 0.3) is 5.56 Å². The summed E-state index contributed by atoms with van der Waals surface area (Å²) in [5.74, 6) is 1.94. The summed E-state index contributed by atoms with van der Waals surface area (Å²) < 4.78 is 19.6. The van der Waals surface area contributed by atoms with Crippen molar-refractivity contribution in [1.29, 1.82) is 0 Å². The molecule has 7 nitrogen and oxygen atoms in total. The summed E-state index contributed by atoms with van der Waals surface area (Å²) in [6.07, 6.45) is 3.98. The topological polar surface area (TPSA) is 78.9 Å². The summed E-state index contributed by atoms with van der Waals surface area (Å²) in [5.41, 5.74) is 3.63. The molecule has 0 fully saturated rings. The molecule has 7 aromatic rings. The Balaban J connectivity index is 1.29. The second-order valence-electron chi connectivity index (χ2n) is 10.6. The van der Waals surface area contributed by atoms with Crippen molar-refractivity contribution in [1.82, 2.24) is 9.66 Å². The molecule has 0 spiro atoms. The fraction of sp³-hybridized carbons (Fsp3) is 0.0789. The highest BCUT2D eigenvalue weighted by Crippen LogP contribution is 2.35. The Kier molecular flexibility index (Phi) is 7.41. The molecule has 0 saturated carbocycles. The van der Waals surface area contributed by atoms with Crippen molar-refractivity contribution in [3.63, 3.8) is 0 Å². The smallest absolute Gasteiger partial charge is 0.282 e. The number of nitrogens with zero attached hydrogens (tertiary/aromatic N) is 3. The van der Waals surface area contributed by atoms with Gasteiger partial charge in [0.15, 0.2) is 17.3 Å². The number of ether oxygens (including phenoxy) is 2. The summed E-state index contributed by atoms with van der Waals surface area (Å²) in [4.78, 5) is 18.5. The SMILES string of the molecule is C=CCc1cc(C=Nn2c(-c3cc4ccccc4o3)nc3ccccc3c2=O)cc(OC)c1OCc1cccc2ccccc12. The highest BCUT2D eigenvalue weighted by molar-refractivity contribution is 5.86. The van der Waals surface area contributed by atoms with Gasteiger partial charge < -0.3 is 13.9 Å². The van der Waals surface area contributed by atoms with Crippen molar-refractivity contribution < 1.29 is 13.9 Å². The molecular formula is C38H29N3O4. The van der Waals surface area contributed by atoms with Crippen LogP contribution in [0.1, 0.15) is 16.7 Å². The number of hydrogen-bond donors (Lipinski definition) is 0. The van der Waals surface area contributed by atoms with Gasteiger partial charge in [0.2, 0.25) is 5.82 Å². The van der Waals surface area contributed by atoms with Gasteiger partial charge in [0.05, 0.1) is 24.2 Å². The number of allylic oxidation sites excluding steroid dienone is 1. The van der Waals surface area contributed by atoms with Gasteiger partial charge in [-0.1, -0.05) is 78.9 Å². The summed E-state index contributed by atoms with van der Waals surface area (Å²) in [7, 11) is 1.61. The second-order valence-corrected chi connectivity index (χ2v) is 10.6. The van der Waals surface area contributed by atoms with Crippen LogP contribution in [0.2, 0.25) is 0 Å². The molecule has 0 amide bonds. The van der Waals surface area contributed by atoms with E-state index in [1.807, 2.05) is 78.9 Å². The molecule has 2 aromatic heterocycles. The average molecular weight is 592 g/mol. The van der Waals surface area contributed by atoms with Crippen LogP contribution >= 0.6 is 0 Å². The van der Waals surface area contributed by atoms with Gasteiger partial charge >= 0.3 is 0 Å². The zero-order valence-corrected chi connectivity index (χ0v) is 24.6. The van der Waals surface area contributed by atoms with Crippen LogP contribution in [0.3, 0.4) is 0 Å². The van der Waals surface area contributed by atoms with E-state index in [1.54, 1.807) is 25.5 Å². The molecule has 2 heterocycles. The lowest BCUT2D eigenvalue weighted by Crippen LogP contribution is -2.20. The summed E-state index contributed by atoms with van der Waals surface area (Å²) in [5, 5.41) is 8.30. The fourth-order valence-corrected chi connectivity index (χ4v) is 5.56. The van der Waals surface area contributed by atoms with Crippen LogP contribution < -0.4 is 15.0 Å². The molecule has 0 saturated heterocycles. The zero-order chi connectivity index (χ0) is 30.8. The molecule has 0 unspecified atom stereocenters. The van der Waals surface area contributed by atoms with E-state index in [0.717, 1.165) is 32.8 Å². The molecule has 0 aliphatic carbocycles. The first-order valence-corrected chi connectivity index (χ1v) is 14.6. The van der Waals surface area contributed by atoms with Crippen LogP contribution in [0.4, 0.5) is 0 Å². The van der Waals surface area contributed by atoms with Gasteiger partial charge in [-0.2, -0.15) is 9.78 Å². The molecular weight excluding hydrogens is 562 g/mol. The number of furan rings is 1. The van der Waals surface area contributed by atoms with Crippen LogP contribution in [0.25, 0.3) is 44.2 Å². The number of hydrogen-bond acceptors (Lipinski definition) is 6. The van der Waals surface area contributed by atoms with E-state index in [0.29, 0.717) is 52.6 Å². The Morgan fingerprint density at radius 3 is 2.44 bits per heavy atom. The van der Waals surface area contributed by atoms with Crippen LogP contribution in [-0.2, 0) is 13.0 Å². The monoisotopic (exact) mass is 591 g/mol. The first kappa shape index (κ1) is 27.9. The first-order chi connectivity index (χ1) is 22.1. The number of para-hydroxylation sites is 2. The number of benzene rings is 5. The summed E-state index contributed by atoms with van der Waals surface area (Å²) in [6, 6.07) is 35.0. The number of methoxy groups -OCH3 is 1. The predicted molar refractivity (Wildman–Crippen MR) is 179 cm³/mol. The molecule has 0 bridgehead atoms. The van der Waals surface area contributed by atoms with E-state index in [-0.39, 0.29) is 5.56 Å². The van der Waals surface area contributed by atoms with Gasteiger partial charge in [-0.05, 0) is 64.7 Å². The van der Waals surface area contributed by atoms with Gasteiger partial charge in [-0.15, -0.1) is 6.58 Å². The minimum absolute atomic E-state index is 0.305. The van der Waals surface area contributed by atoms with E-state index in [4.69, 9.17) is 18.9 Å². The van der Waals surface area contributed by atoms with E-state index in [9.17, 15) is 4.79 Å². The van der Waals surface area contributed by atoms with E-state index in [2.05, 4.69) is 35.9 Å². The molecule has 0 atom stereocenters. The Bertz CT molecular complexity index is 2260. The fourth-order valence-electron chi connectivity index (χ4n) is 5.56. The zero-order valence-electron chi connectivity index (χ0n) is 24.6. The quantitative estimate of drug-likeness (QED) is 0.125. The highest BCUT2D eigenvalue weighted by Gasteiger charge is 2.17. The number of fused-ring (bicyclic) bond motifs is 3. The Labute approximate surface area is 259 Å². The summed E-state index contributed by atoms with van der Waals surface area (Å²) in [6.45, 7) is 4.31. The van der Waals surface area contributed by atoms with Crippen molar-refractivity contribution >= 4 is 38.9 Å². The first-order valence-electron chi connectivity index (χ1n) is 14.6. The third-order valence-corrected chi connectivity index (χ3v) is 7.71. The molecule has 0 radical (unpaired) electrons. The lowest BCUT2D eigenvalue weighted by Gasteiger charge is -2.16. The van der Waals surface area contributed by atoms with Gasteiger partial charge in [-0.25, -0.2) is 4.98 Å². The largest absolute Gasteiger partial charge is 0.493 e. The molecule has 0 aliphatic heterocycles. The van der Waals surface area contributed by atoms with Gasteiger partial charge in [-0.3, -0.25) is 4.79 Å². The molecule has 45 heavy (non-hydrogen) atoms. The van der Waals surface area contributed by atoms with Crippen LogP contribution in [0, 0.1) is 0 Å². The minimum atomic E-state index is -0.305. The molecule has 7 heteroatoms. The lowest BCUT2D eigenvalue weighted by molar-refractivity contribution is 0.283. The Morgan fingerprint density at radius 1 is 0.867 bits per heavy atom. The number of aromatic nitrogens is 2. The maximum Gasteiger partial charge on any atom is 0.282 e. The third kappa shape index (κ3) is 5.36. The number of rotatable bonds is 9. The van der Waals surface area contributed by atoms with Crippen LogP contribution in [0.15, 0.2) is 136 Å². The Morgan fingerprint density at radius 2 is 1.62 bits per heavy atom. The molecule has 220 valence electrons. The lowest BCUT2D eigenvalue weighted by atomic mass is 10.0. The Hall–Kier alpha value is -5.95. The molecule has 7 rings (SSSR count). The van der Waals surface area contributed by atoms with Crippen molar-refractivity contribution in [2.45, 2.75) is 13.0 Å². The minimum Gasteiger partial charge on any atom is -0.493 e. The average Bonchev–Trinajstić information content (AvgIpc) is 3.51. The van der Waals surface area contributed by atoms with Gasteiger partial charge in [0.1, 0.15) is 12.2 Å². The maximum atomic E-state index is 13.7. The van der Waals surface area contributed by atoms with E-state index in [1.165, 1.54) is 4.68 Å². The molecule has 0 aliphatic rings. The standard InChI is InChI=1S/C38H29N3O4/c1-3-11-28-20-25(21-34(43-2)36(28)44-24-29-15-10-14-26-12-4-6-16-30(26)29)23-39-41-37(35-22-27-13-5-9-19-33(27)45-35)40-32-18-8-7-17-31(32)38(41)42/h3-10,12-23H,1,11,24H2,2H3. The van der Waals surface area contributed by atoms with E-state index >= 15 is 0 Å². The molecule has 5 aromatic carbocycles.